The minimum absolute atomic E-state index is 0.0761. The van der Waals surface area contributed by atoms with Gasteiger partial charge in [0.25, 0.3) is 0 Å². The molecule has 10 heteroatoms. The molecule has 2 atom stereocenters. The molecular formula is C23H33ClN6O2S. The Bertz CT molecular complexity index is 1110. The van der Waals surface area contributed by atoms with Gasteiger partial charge in [0.15, 0.2) is 5.82 Å². The molecular weight excluding hydrogens is 460 g/mol. The molecule has 4 N–H and O–H groups in total. The third kappa shape index (κ3) is 6.07. The van der Waals surface area contributed by atoms with Crippen molar-refractivity contribution in [3.05, 3.63) is 35.0 Å². The van der Waals surface area contributed by atoms with Crippen LogP contribution in [0, 0.1) is 0 Å². The minimum atomic E-state index is -3.30. The molecule has 0 saturated heterocycles. The lowest BCUT2D eigenvalue weighted by molar-refractivity contribution is 0.379. The van der Waals surface area contributed by atoms with Crippen LogP contribution >= 0.6 is 11.6 Å². The lowest BCUT2D eigenvalue weighted by Gasteiger charge is -2.32. The molecule has 2 heterocycles. The molecule has 1 aliphatic carbocycles. The van der Waals surface area contributed by atoms with Crippen LogP contribution in [-0.4, -0.2) is 43.3 Å². The number of hydrogen-bond donors (Lipinski definition) is 4. The molecule has 2 aromatic rings. The summed E-state index contributed by atoms with van der Waals surface area (Å²) in [5.74, 6) is 0.933. The van der Waals surface area contributed by atoms with E-state index in [0.717, 1.165) is 50.8 Å². The standard InChI is InChI=1S/C23H33ClN6O2S/c1-23(2)11-6-12-25-18-10-9-15(13-16(18)23)27-22-26-14-17(24)21(29-22)28-19-7-4-5-8-20(19)30-33(3,31)32/h9-10,13-14,19-20,25,30H,4-8,11-12H2,1-3H3,(H2,26,27,28,29)/t19-,20-/m1/s1. The summed E-state index contributed by atoms with van der Waals surface area (Å²) in [6.07, 6.45) is 8.63. The lowest BCUT2D eigenvalue weighted by Crippen LogP contribution is -2.48. The minimum Gasteiger partial charge on any atom is -0.385 e. The number of fused-ring (bicyclic) bond motifs is 1. The van der Waals surface area contributed by atoms with Crippen LogP contribution in [0.3, 0.4) is 0 Å². The predicted octanol–water partition coefficient (Wildman–Crippen LogP) is 4.63. The van der Waals surface area contributed by atoms with Gasteiger partial charge in [-0.1, -0.05) is 38.3 Å². The van der Waals surface area contributed by atoms with Crippen molar-refractivity contribution in [3.63, 3.8) is 0 Å². The molecule has 0 bridgehead atoms. The average Bonchev–Trinajstić information content (AvgIpc) is 2.89. The molecule has 0 unspecified atom stereocenters. The van der Waals surface area contributed by atoms with E-state index in [1.165, 1.54) is 17.5 Å². The highest BCUT2D eigenvalue weighted by Gasteiger charge is 2.29. The van der Waals surface area contributed by atoms with Crippen molar-refractivity contribution < 1.29 is 8.42 Å². The Kier molecular flexibility index (Phi) is 7.02. The molecule has 1 fully saturated rings. The van der Waals surface area contributed by atoms with Crippen molar-refractivity contribution >= 4 is 44.8 Å². The third-order valence-corrected chi connectivity index (χ3v) is 7.50. The highest BCUT2D eigenvalue weighted by atomic mass is 35.5. The van der Waals surface area contributed by atoms with Crippen LogP contribution in [0.15, 0.2) is 24.4 Å². The number of benzene rings is 1. The van der Waals surface area contributed by atoms with Gasteiger partial charge in [0.2, 0.25) is 16.0 Å². The number of anilines is 4. The summed E-state index contributed by atoms with van der Waals surface area (Å²) in [7, 11) is -3.30. The molecule has 1 aromatic carbocycles. The van der Waals surface area contributed by atoms with Crippen molar-refractivity contribution in [2.45, 2.75) is 69.9 Å². The molecule has 0 spiro atoms. The molecule has 8 nitrogen and oxygen atoms in total. The first-order valence-corrected chi connectivity index (χ1v) is 13.8. The molecule has 1 saturated carbocycles. The maximum Gasteiger partial charge on any atom is 0.229 e. The maximum atomic E-state index is 11.8. The van der Waals surface area contributed by atoms with E-state index >= 15 is 0 Å². The summed E-state index contributed by atoms with van der Waals surface area (Å²) < 4.78 is 26.3. The Hall–Kier alpha value is -2.10. The zero-order valence-corrected chi connectivity index (χ0v) is 21.0. The Morgan fingerprint density at radius 3 is 2.67 bits per heavy atom. The van der Waals surface area contributed by atoms with Gasteiger partial charge in [-0.2, -0.15) is 4.98 Å². The van der Waals surface area contributed by atoms with Crippen molar-refractivity contribution in [1.82, 2.24) is 14.7 Å². The van der Waals surface area contributed by atoms with Crippen LogP contribution in [0.2, 0.25) is 5.02 Å². The molecule has 180 valence electrons. The Morgan fingerprint density at radius 2 is 1.91 bits per heavy atom. The second-order valence-electron chi connectivity index (χ2n) is 9.72. The second kappa shape index (κ2) is 9.64. The summed E-state index contributed by atoms with van der Waals surface area (Å²) in [5, 5.41) is 10.6. The van der Waals surface area contributed by atoms with Crippen LogP contribution in [0.1, 0.15) is 57.9 Å². The van der Waals surface area contributed by atoms with Gasteiger partial charge in [-0.3, -0.25) is 0 Å². The summed E-state index contributed by atoms with van der Waals surface area (Å²) in [6.45, 7) is 5.53. The third-order valence-electron chi connectivity index (χ3n) is 6.50. The summed E-state index contributed by atoms with van der Waals surface area (Å²) in [5.41, 5.74) is 3.43. The smallest absolute Gasteiger partial charge is 0.229 e. The van der Waals surface area contributed by atoms with E-state index in [9.17, 15) is 8.42 Å². The normalized spacial score (nSPS) is 22.5. The largest absolute Gasteiger partial charge is 0.385 e. The number of hydrogen-bond acceptors (Lipinski definition) is 7. The van der Waals surface area contributed by atoms with Gasteiger partial charge in [-0.15, -0.1) is 0 Å². The van der Waals surface area contributed by atoms with E-state index in [2.05, 4.69) is 56.6 Å². The van der Waals surface area contributed by atoms with Gasteiger partial charge < -0.3 is 16.0 Å². The number of rotatable bonds is 6. The van der Waals surface area contributed by atoms with Crippen LogP contribution in [0.25, 0.3) is 0 Å². The fourth-order valence-corrected chi connectivity index (χ4v) is 5.75. The van der Waals surface area contributed by atoms with E-state index in [1.54, 1.807) is 6.20 Å². The van der Waals surface area contributed by atoms with Crippen molar-refractivity contribution in [3.8, 4) is 0 Å². The molecule has 2 aliphatic rings. The van der Waals surface area contributed by atoms with E-state index in [1.807, 2.05) is 6.07 Å². The topological polar surface area (TPSA) is 108 Å². The second-order valence-corrected chi connectivity index (χ2v) is 11.9. The van der Waals surface area contributed by atoms with E-state index in [4.69, 9.17) is 11.6 Å². The number of nitrogens with zero attached hydrogens (tertiary/aromatic N) is 2. The number of nitrogens with one attached hydrogen (secondary N) is 4. The van der Waals surface area contributed by atoms with Crippen LogP contribution in [0.4, 0.5) is 23.1 Å². The van der Waals surface area contributed by atoms with Gasteiger partial charge in [0.1, 0.15) is 5.02 Å². The monoisotopic (exact) mass is 492 g/mol. The SMILES string of the molecule is CC1(C)CCCNc2ccc(Nc3ncc(Cl)c(N[C@@H]4CCCC[C@H]4NS(C)(=O)=O)n3)cc21. The van der Waals surface area contributed by atoms with Gasteiger partial charge in [0.05, 0.1) is 12.5 Å². The number of sulfonamides is 1. The van der Waals surface area contributed by atoms with Gasteiger partial charge >= 0.3 is 0 Å². The lowest BCUT2D eigenvalue weighted by atomic mass is 9.80. The molecule has 0 amide bonds. The van der Waals surface area contributed by atoms with Crippen molar-refractivity contribution in [1.29, 1.82) is 0 Å². The van der Waals surface area contributed by atoms with Crippen molar-refractivity contribution in [2.75, 3.05) is 28.8 Å². The molecule has 1 aromatic heterocycles. The summed E-state index contributed by atoms with van der Waals surface area (Å²) >= 11 is 6.39. The number of halogens is 1. The highest BCUT2D eigenvalue weighted by Crippen LogP contribution is 2.38. The molecule has 33 heavy (non-hydrogen) atoms. The summed E-state index contributed by atoms with van der Waals surface area (Å²) in [6, 6.07) is 5.99. The Labute approximate surface area is 201 Å². The zero-order valence-electron chi connectivity index (χ0n) is 19.4. The predicted molar refractivity (Wildman–Crippen MR) is 135 cm³/mol. The zero-order chi connectivity index (χ0) is 23.6. The average molecular weight is 493 g/mol. The summed E-state index contributed by atoms with van der Waals surface area (Å²) in [4.78, 5) is 8.95. The quantitative estimate of drug-likeness (QED) is 0.465. The molecule has 4 rings (SSSR count). The van der Waals surface area contributed by atoms with Gasteiger partial charge in [0, 0.05) is 30.0 Å². The first-order valence-electron chi connectivity index (χ1n) is 11.5. The van der Waals surface area contributed by atoms with Gasteiger partial charge in [-0.25, -0.2) is 18.1 Å². The molecule has 0 radical (unpaired) electrons. The van der Waals surface area contributed by atoms with E-state index in [-0.39, 0.29) is 17.5 Å². The molecule has 1 aliphatic heterocycles. The van der Waals surface area contributed by atoms with E-state index in [0.29, 0.717) is 16.8 Å². The van der Waals surface area contributed by atoms with E-state index < -0.39 is 10.0 Å². The van der Waals surface area contributed by atoms with Crippen LogP contribution < -0.4 is 20.7 Å². The van der Waals surface area contributed by atoms with Gasteiger partial charge in [-0.05, 0) is 54.9 Å². The Morgan fingerprint density at radius 1 is 1.15 bits per heavy atom. The fourth-order valence-electron chi connectivity index (χ4n) is 4.78. The van der Waals surface area contributed by atoms with Crippen LogP contribution in [0.5, 0.6) is 0 Å². The Balaban J connectivity index is 1.54. The first kappa shape index (κ1) is 24.0. The maximum absolute atomic E-state index is 11.8. The fraction of sp³-hybridized carbons (Fsp3) is 0.565. The van der Waals surface area contributed by atoms with Crippen LogP contribution in [-0.2, 0) is 15.4 Å². The van der Waals surface area contributed by atoms with Crippen molar-refractivity contribution in [2.24, 2.45) is 0 Å². The first-order chi connectivity index (χ1) is 15.6. The highest BCUT2D eigenvalue weighted by molar-refractivity contribution is 7.88. The number of aromatic nitrogens is 2.